The summed E-state index contributed by atoms with van der Waals surface area (Å²) in [6.07, 6.45) is 4.04. The summed E-state index contributed by atoms with van der Waals surface area (Å²) < 4.78 is 0. The summed E-state index contributed by atoms with van der Waals surface area (Å²) in [4.78, 5) is 41.7. The number of carboxylic acids is 1. The third kappa shape index (κ3) is 4.76. The number of aliphatic carboxylic acids is 1. The molecule has 3 N–H and O–H groups in total. The summed E-state index contributed by atoms with van der Waals surface area (Å²) in [5.74, 6) is -1.17. The number of hydrogen-bond donors (Lipinski definition) is 3. The van der Waals surface area contributed by atoms with Crippen LogP contribution in [0.1, 0.15) is 20.7 Å². The Kier molecular flexibility index (Phi) is 5.71. The average molecular weight is 376 g/mol. The van der Waals surface area contributed by atoms with Gasteiger partial charge in [0.25, 0.3) is 5.91 Å². The predicted octanol–water partition coefficient (Wildman–Crippen LogP) is 2.51. The second kappa shape index (κ2) is 8.54. The van der Waals surface area contributed by atoms with Crippen LogP contribution in [0.2, 0.25) is 0 Å². The number of benzene rings is 2. The van der Waals surface area contributed by atoms with Crippen LogP contribution in [-0.4, -0.2) is 39.8 Å². The molecule has 2 aromatic carbocycles. The fourth-order valence-electron chi connectivity index (χ4n) is 2.43. The Labute approximate surface area is 160 Å². The van der Waals surface area contributed by atoms with E-state index in [0.29, 0.717) is 22.8 Å². The molecule has 0 atom stereocenters. The van der Waals surface area contributed by atoms with E-state index in [0.717, 1.165) is 17.4 Å². The zero-order valence-corrected chi connectivity index (χ0v) is 14.6. The van der Waals surface area contributed by atoms with Gasteiger partial charge in [0.15, 0.2) is 0 Å². The molecule has 1 heterocycles. The van der Waals surface area contributed by atoms with Gasteiger partial charge >= 0.3 is 5.97 Å². The molecule has 0 spiro atoms. The van der Waals surface area contributed by atoms with Crippen molar-refractivity contribution in [3.05, 3.63) is 72.1 Å². The predicted molar refractivity (Wildman–Crippen MR) is 103 cm³/mol. The Morgan fingerprint density at radius 2 is 1.71 bits per heavy atom. The first-order valence-corrected chi connectivity index (χ1v) is 8.30. The molecule has 0 bridgehead atoms. The van der Waals surface area contributed by atoms with Gasteiger partial charge in [-0.3, -0.25) is 14.4 Å². The zero-order chi connectivity index (χ0) is 19.9. The number of carbonyl (C=O) groups is 3. The number of anilines is 2. The van der Waals surface area contributed by atoms with Crippen molar-refractivity contribution in [3.63, 3.8) is 0 Å². The number of rotatable bonds is 7. The number of aromatic nitrogens is 2. The molecule has 0 radical (unpaired) electrons. The van der Waals surface area contributed by atoms with Crippen molar-refractivity contribution in [1.29, 1.82) is 0 Å². The van der Waals surface area contributed by atoms with E-state index in [2.05, 4.69) is 20.6 Å². The number of carboxylic acid groups (broad SMARTS) is 1. The lowest BCUT2D eigenvalue weighted by molar-refractivity contribution is -0.135. The molecular weight excluding hydrogens is 360 g/mol. The quantitative estimate of drug-likeness (QED) is 0.542. The van der Waals surface area contributed by atoms with Crippen LogP contribution in [0.25, 0.3) is 11.1 Å². The Bertz CT molecular complexity index is 1000. The normalized spacial score (nSPS) is 10.1. The molecule has 140 valence electrons. The highest BCUT2D eigenvalue weighted by molar-refractivity contribution is 5.96. The van der Waals surface area contributed by atoms with Gasteiger partial charge in [-0.15, -0.1) is 0 Å². The van der Waals surface area contributed by atoms with E-state index in [-0.39, 0.29) is 0 Å². The largest absolute Gasteiger partial charge is 0.480 e. The summed E-state index contributed by atoms with van der Waals surface area (Å²) in [6.45, 7) is -0.432. The van der Waals surface area contributed by atoms with E-state index in [1.807, 2.05) is 0 Å². The minimum absolute atomic E-state index is 0.360. The molecule has 0 fully saturated rings. The second-order valence-electron chi connectivity index (χ2n) is 5.82. The molecule has 0 aliphatic heterocycles. The van der Waals surface area contributed by atoms with Gasteiger partial charge in [-0.25, -0.2) is 9.97 Å². The fraction of sp³-hybridized carbons (Fsp3) is 0.0500. The van der Waals surface area contributed by atoms with E-state index in [9.17, 15) is 14.4 Å². The SMILES string of the molecule is O=Cc1cccc(Nc2ncc(-c3ccc(C(=O)NCC(=O)O)cc3)cn2)c1. The third-order valence-electron chi connectivity index (χ3n) is 3.81. The molecule has 8 heteroatoms. The highest BCUT2D eigenvalue weighted by atomic mass is 16.4. The standard InChI is InChI=1S/C20H16N4O4/c25-12-13-2-1-3-17(8-13)24-20-22-9-16(10-23-20)14-4-6-15(7-5-14)19(28)21-11-18(26)27/h1-10,12H,11H2,(H,21,28)(H,26,27)(H,22,23,24). The zero-order valence-electron chi connectivity index (χ0n) is 14.6. The number of amides is 1. The molecular formula is C20H16N4O4. The minimum Gasteiger partial charge on any atom is -0.480 e. The van der Waals surface area contributed by atoms with Gasteiger partial charge in [-0.2, -0.15) is 0 Å². The Hall–Kier alpha value is -4.07. The molecule has 28 heavy (non-hydrogen) atoms. The number of nitrogens with one attached hydrogen (secondary N) is 2. The molecule has 1 aromatic heterocycles. The molecule has 0 unspecified atom stereocenters. The van der Waals surface area contributed by atoms with Crippen molar-refractivity contribution in [2.24, 2.45) is 0 Å². The highest BCUT2D eigenvalue weighted by Crippen LogP contribution is 2.20. The maximum absolute atomic E-state index is 11.8. The van der Waals surface area contributed by atoms with Crippen LogP contribution in [0.15, 0.2) is 60.9 Å². The van der Waals surface area contributed by atoms with Gasteiger partial charge in [0.05, 0.1) is 0 Å². The smallest absolute Gasteiger partial charge is 0.322 e. The molecule has 8 nitrogen and oxygen atoms in total. The lowest BCUT2D eigenvalue weighted by Gasteiger charge is -2.07. The summed E-state index contributed by atoms with van der Waals surface area (Å²) in [6, 6.07) is 13.6. The molecule has 0 saturated heterocycles. The van der Waals surface area contributed by atoms with Crippen molar-refractivity contribution in [1.82, 2.24) is 15.3 Å². The van der Waals surface area contributed by atoms with Gasteiger partial charge in [-0.05, 0) is 29.8 Å². The number of hydrogen-bond acceptors (Lipinski definition) is 6. The van der Waals surface area contributed by atoms with Crippen molar-refractivity contribution in [2.45, 2.75) is 0 Å². The molecule has 1 amide bonds. The van der Waals surface area contributed by atoms with Crippen molar-refractivity contribution >= 4 is 29.8 Å². The Balaban J connectivity index is 1.68. The molecule has 0 aliphatic rings. The summed E-state index contributed by atoms with van der Waals surface area (Å²) in [5.41, 5.74) is 3.18. The summed E-state index contributed by atoms with van der Waals surface area (Å²) in [7, 11) is 0. The Morgan fingerprint density at radius 1 is 1.00 bits per heavy atom. The van der Waals surface area contributed by atoms with Crippen molar-refractivity contribution in [3.8, 4) is 11.1 Å². The maximum atomic E-state index is 11.8. The monoisotopic (exact) mass is 376 g/mol. The van der Waals surface area contributed by atoms with Crippen LogP contribution >= 0.6 is 0 Å². The first-order chi connectivity index (χ1) is 13.5. The number of nitrogens with zero attached hydrogens (tertiary/aromatic N) is 2. The van der Waals surface area contributed by atoms with Crippen LogP contribution in [0.5, 0.6) is 0 Å². The lowest BCUT2D eigenvalue weighted by atomic mass is 10.1. The molecule has 0 saturated carbocycles. The number of carbonyl (C=O) groups excluding carboxylic acids is 2. The van der Waals surface area contributed by atoms with E-state index in [4.69, 9.17) is 5.11 Å². The van der Waals surface area contributed by atoms with E-state index < -0.39 is 18.4 Å². The van der Waals surface area contributed by atoms with Crippen LogP contribution in [0.4, 0.5) is 11.6 Å². The third-order valence-corrected chi connectivity index (χ3v) is 3.81. The molecule has 3 aromatic rings. The van der Waals surface area contributed by atoms with Gasteiger partial charge in [0.1, 0.15) is 12.8 Å². The summed E-state index contributed by atoms with van der Waals surface area (Å²) >= 11 is 0. The van der Waals surface area contributed by atoms with Gasteiger partial charge in [0.2, 0.25) is 5.95 Å². The number of aldehydes is 1. The topological polar surface area (TPSA) is 121 Å². The molecule has 3 rings (SSSR count). The van der Waals surface area contributed by atoms with Gasteiger partial charge < -0.3 is 15.7 Å². The molecule has 0 aliphatic carbocycles. The van der Waals surface area contributed by atoms with Gasteiger partial charge in [0, 0.05) is 34.8 Å². The van der Waals surface area contributed by atoms with E-state index >= 15 is 0 Å². The first kappa shape index (κ1) is 18.7. The Morgan fingerprint density at radius 3 is 2.36 bits per heavy atom. The van der Waals surface area contributed by atoms with Crippen LogP contribution < -0.4 is 10.6 Å². The lowest BCUT2D eigenvalue weighted by Crippen LogP contribution is -2.29. The van der Waals surface area contributed by atoms with E-state index in [1.54, 1.807) is 60.9 Å². The van der Waals surface area contributed by atoms with Crippen LogP contribution in [0.3, 0.4) is 0 Å². The van der Waals surface area contributed by atoms with Crippen LogP contribution in [0, 0.1) is 0 Å². The van der Waals surface area contributed by atoms with Gasteiger partial charge in [-0.1, -0.05) is 24.3 Å². The average Bonchev–Trinajstić information content (AvgIpc) is 2.73. The first-order valence-electron chi connectivity index (χ1n) is 8.30. The minimum atomic E-state index is -1.10. The summed E-state index contributed by atoms with van der Waals surface area (Å²) in [5, 5.41) is 13.9. The van der Waals surface area contributed by atoms with Crippen molar-refractivity contribution < 1.29 is 19.5 Å². The maximum Gasteiger partial charge on any atom is 0.322 e. The fourth-order valence-corrected chi connectivity index (χ4v) is 2.43. The highest BCUT2D eigenvalue weighted by Gasteiger charge is 2.08. The van der Waals surface area contributed by atoms with E-state index in [1.165, 1.54) is 0 Å². The second-order valence-corrected chi connectivity index (χ2v) is 5.82. The van der Waals surface area contributed by atoms with Crippen LogP contribution in [-0.2, 0) is 4.79 Å². The van der Waals surface area contributed by atoms with Crippen molar-refractivity contribution in [2.75, 3.05) is 11.9 Å².